The number of hydrogen-bond donors (Lipinski definition) is 3. The van der Waals surface area contributed by atoms with Gasteiger partial charge in [-0.2, -0.15) is 4.98 Å². The molecular formula is C27H25N3O15P3-3. The Bertz CT molecular complexity index is 2000. The molecule has 5 rings (SSSR count). The lowest BCUT2D eigenvalue weighted by Crippen LogP contribution is -2.36. The van der Waals surface area contributed by atoms with Gasteiger partial charge >= 0.3 is 5.69 Å². The molecule has 1 amide bonds. The second-order valence-electron chi connectivity index (χ2n) is 10.1. The van der Waals surface area contributed by atoms with E-state index >= 15 is 0 Å². The van der Waals surface area contributed by atoms with E-state index in [-0.39, 0.29) is 11.4 Å². The lowest BCUT2D eigenvalue weighted by Gasteiger charge is -2.34. The summed E-state index contributed by atoms with van der Waals surface area (Å²) in [5.41, 5.74) is -0.422. The van der Waals surface area contributed by atoms with Crippen LogP contribution in [0.5, 0.6) is 0 Å². The van der Waals surface area contributed by atoms with E-state index < -0.39 is 72.8 Å². The van der Waals surface area contributed by atoms with Crippen molar-refractivity contribution >= 4 is 46.0 Å². The summed E-state index contributed by atoms with van der Waals surface area (Å²) in [6, 6.07) is 21.1. The number of aliphatic hydroxyl groups is 2. The molecule has 48 heavy (non-hydrogen) atoms. The molecule has 1 aliphatic heterocycles. The van der Waals surface area contributed by atoms with Crippen LogP contribution in [0.3, 0.4) is 0 Å². The summed E-state index contributed by atoms with van der Waals surface area (Å²) < 4.78 is 59.1. The van der Waals surface area contributed by atoms with E-state index in [1.165, 1.54) is 24.3 Å². The molecule has 3 N–H and O–H groups in total. The van der Waals surface area contributed by atoms with Crippen molar-refractivity contribution in [2.75, 3.05) is 11.9 Å². The number of aromatic nitrogens is 2. The molecule has 2 heterocycles. The van der Waals surface area contributed by atoms with Gasteiger partial charge in [-0.3, -0.25) is 23.1 Å². The Kier molecular flexibility index (Phi) is 10.9. The van der Waals surface area contributed by atoms with Gasteiger partial charge in [0.05, 0.1) is 13.2 Å². The number of ether oxygens (including phenoxy) is 1. The number of aliphatic hydroxyl groups excluding tert-OH is 2. The average Bonchev–Trinajstić information content (AvgIpc) is 3.31. The molecule has 4 unspecified atom stereocenters. The molecule has 4 aromatic rings. The highest BCUT2D eigenvalue weighted by molar-refractivity contribution is 7.65. The molecule has 1 aliphatic rings. The number of hydrogen-bond acceptors (Lipinski definition) is 16. The second-order valence-corrected chi connectivity index (χ2v) is 14.6. The first-order chi connectivity index (χ1) is 22.6. The first-order valence-electron chi connectivity index (χ1n) is 13.7. The molecule has 1 saturated heterocycles. The van der Waals surface area contributed by atoms with Gasteiger partial charge < -0.3 is 44.0 Å². The Morgan fingerprint density at radius 1 is 0.854 bits per heavy atom. The Balaban J connectivity index is 1.14. The standard InChI is InChI=1S/C27H28N3O15P3/c31-23-21(43-26(24(23)32)30-13-12-22(29-27(30)34)28-25(33)19-7-2-1-3-8-19)16-42-47(37,38)45-48(39,40)44-46(35,36)41-15-17-10-11-18-6-4-5-9-20(18)14-17/h1-14,21,23-24,26,31-32H,15-16H2,(H,35,36)(H,37,38)(H,39,40)(H,28,29,33,34)/p-3/t21-,23+,24?,26-/m1/s1. The maximum atomic E-state index is 12.6. The van der Waals surface area contributed by atoms with Crippen LogP contribution in [0.4, 0.5) is 5.82 Å². The van der Waals surface area contributed by atoms with Gasteiger partial charge in [0.15, 0.2) is 6.23 Å². The summed E-state index contributed by atoms with van der Waals surface area (Å²) in [5.74, 6) is -0.706. The second kappa shape index (κ2) is 14.6. The van der Waals surface area contributed by atoms with Gasteiger partial charge in [-0.25, -0.2) is 13.4 Å². The molecule has 0 aliphatic carbocycles. The summed E-state index contributed by atoms with van der Waals surface area (Å²) in [5, 5.41) is 24.8. The molecule has 0 bridgehead atoms. The zero-order valence-electron chi connectivity index (χ0n) is 24.2. The van der Waals surface area contributed by atoms with E-state index in [1.54, 1.807) is 48.5 Å². The molecular weight excluding hydrogens is 699 g/mol. The maximum absolute atomic E-state index is 12.6. The van der Waals surface area contributed by atoms with E-state index in [9.17, 15) is 48.2 Å². The minimum absolute atomic E-state index is 0.145. The average molecular weight is 724 g/mol. The van der Waals surface area contributed by atoms with Crippen LogP contribution in [0, 0.1) is 0 Å². The van der Waals surface area contributed by atoms with Crippen LogP contribution in [-0.2, 0) is 42.7 Å². The topological polar surface area (TPSA) is 271 Å². The fourth-order valence-corrected chi connectivity index (χ4v) is 7.87. The quantitative estimate of drug-likeness (QED) is 0.162. The number of fused-ring (bicyclic) bond motifs is 1. The highest BCUT2D eigenvalue weighted by Gasteiger charge is 2.45. The number of nitrogens with one attached hydrogen (secondary N) is 1. The van der Waals surface area contributed by atoms with Crippen molar-refractivity contribution < 1.29 is 65.8 Å². The molecule has 21 heteroatoms. The number of carbonyl (C=O) groups excluding carboxylic acids is 1. The molecule has 18 nitrogen and oxygen atoms in total. The molecule has 3 aromatic carbocycles. The monoisotopic (exact) mass is 724 g/mol. The number of phosphoric acid groups is 3. The number of anilines is 1. The fraction of sp³-hybridized carbons (Fsp3) is 0.222. The van der Waals surface area contributed by atoms with E-state index in [2.05, 4.69) is 28.0 Å². The van der Waals surface area contributed by atoms with Crippen molar-refractivity contribution in [3.05, 3.63) is 107 Å². The highest BCUT2D eigenvalue weighted by Crippen LogP contribution is 2.63. The number of phosphoric ester groups is 2. The number of benzene rings is 3. The number of rotatable bonds is 13. The Hall–Kier alpha value is -3.44. The normalized spacial score (nSPS) is 23.2. The zero-order chi connectivity index (χ0) is 34.7. The lowest BCUT2D eigenvalue weighted by molar-refractivity contribution is -0.252. The highest BCUT2D eigenvalue weighted by atomic mass is 31.3. The van der Waals surface area contributed by atoms with Crippen LogP contribution >= 0.6 is 23.5 Å². The van der Waals surface area contributed by atoms with Crippen molar-refractivity contribution in [1.82, 2.24) is 9.55 Å². The third kappa shape index (κ3) is 9.16. The predicted octanol–water partition coefficient (Wildman–Crippen LogP) is 0.940. The van der Waals surface area contributed by atoms with Crippen LogP contribution < -0.4 is 25.7 Å². The SMILES string of the molecule is O=C(Nc1ccn([C@@H]2O[C@H](COP(=O)([O-])OP(=O)([O-])OP(=O)([O-])OCc3ccc4ccccc4c3)[C@H](O)C2O)c(=O)n1)c1ccccc1. The predicted molar refractivity (Wildman–Crippen MR) is 158 cm³/mol. The summed E-state index contributed by atoms with van der Waals surface area (Å²) in [6.07, 6.45) is -5.94. The van der Waals surface area contributed by atoms with E-state index in [4.69, 9.17) is 4.74 Å². The molecule has 1 aromatic heterocycles. The molecule has 1 fully saturated rings. The number of amides is 1. The summed E-state index contributed by atoms with van der Waals surface area (Å²) >= 11 is 0. The summed E-state index contributed by atoms with van der Waals surface area (Å²) in [6.45, 7) is -1.81. The summed E-state index contributed by atoms with van der Waals surface area (Å²) in [4.78, 5) is 65.0. The molecule has 0 spiro atoms. The third-order valence-corrected chi connectivity index (χ3v) is 10.8. The van der Waals surface area contributed by atoms with Crippen LogP contribution in [-0.4, -0.2) is 50.6 Å². The Labute approximate surface area is 270 Å². The van der Waals surface area contributed by atoms with Crippen molar-refractivity contribution in [1.29, 1.82) is 0 Å². The number of carbonyl (C=O) groups is 1. The lowest BCUT2D eigenvalue weighted by atomic mass is 10.1. The smallest absolute Gasteiger partial charge is 0.351 e. The van der Waals surface area contributed by atoms with E-state index in [0.717, 1.165) is 21.5 Å². The minimum atomic E-state index is -6.17. The van der Waals surface area contributed by atoms with Crippen molar-refractivity contribution in [3.63, 3.8) is 0 Å². The van der Waals surface area contributed by atoms with Gasteiger partial charge in [0.25, 0.3) is 29.4 Å². The van der Waals surface area contributed by atoms with E-state index in [0.29, 0.717) is 5.56 Å². The van der Waals surface area contributed by atoms with Gasteiger partial charge in [0, 0.05) is 11.8 Å². The molecule has 0 radical (unpaired) electrons. The first kappa shape index (κ1) is 35.9. The molecule has 7 atom stereocenters. The third-order valence-electron chi connectivity index (χ3n) is 6.72. The number of nitrogens with zero attached hydrogens (tertiary/aromatic N) is 2. The van der Waals surface area contributed by atoms with Gasteiger partial charge in [0.2, 0.25) is 0 Å². The van der Waals surface area contributed by atoms with Crippen LogP contribution in [0.15, 0.2) is 89.9 Å². The fourth-order valence-electron chi connectivity index (χ4n) is 4.50. The summed E-state index contributed by atoms with van der Waals surface area (Å²) in [7, 11) is -17.8. The Morgan fingerprint density at radius 2 is 1.50 bits per heavy atom. The minimum Gasteiger partial charge on any atom is -0.756 e. The van der Waals surface area contributed by atoms with Crippen molar-refractivity contribution in [3.8, 4) is 0 Å². The first-order valence-corrected chi connectivity index (χ1v) is 18.1. The zero-order valence-corrected chi connectivity index (χ0v) is 26.9. The maximum Gasteiger partial charge on any atom is 0.351 e. The van der Waals surface area contributed by atoms with Gasteiger partial charge in [-0.05, 0) is 40.6 Å². The van der Waals surface area contributed by atoms with Gasteiger partial charge in [0.1, 0.15) is 24.1 Å². The van der Waals surface area contributed by atoms with Crippen LogP contribution in [0.1, 0.15) is 22.1 Å². The van der Waals surface area contributed by atoms with Crippen molar-refractivity contribution in [2.45, 2.75) is 31.1 Å². The van der Waals surface area contributed by atoms with Crippen LogP contribution in [0.25, 0.3) is 10.8 Å². The van der Waals surface area contributed by atoms with Crippen molar-refractivity contribution in [2.24, 2.45) is 0 Å². The molecule has 256 valence electrons. The molecule has 0 saturated carbocycles. The largest absolute Gasteiger partial charge is 0.756 e. The van der Waals surface area contributed by atoms with Gasteiger partial charge in [-0.15, -0.1) is 0 Å². The van der Waals surface area contributed by atoms with Gasteiger partial charge in [-0.1, -0.05) is 54.6 Å². The Morgan fingerprint density at radius 3 is 2.19 bits per heavy atom. The van der Waals surface area contributed by atoms with E-state index in [1.807, 2.05) is 6.07 Å². The van der Waals surface area contributed by atoms with Crippen LogP contribution in [0.2, 0.25) is 0 Å².